The lowest BCUT2D eigenvalue weighted by molar-refractivity contribution is 0.297. The standard InChI is InChI=1S/C11H9ClN6O/c12-7-2-1-6(3-14-7)4-19-10-8-9(16-5-15-8)17-11(13)18-10/h1-3,5H,4H2,(H3,13,15,16,17,18). The second kappa shape index (κ2) is 4.69. The number of aromatic nitrogens is 5. The van der Waals surface area contributed by atoms with Gasteiger partial charge in [-0.15, -0.1) is 0 Å². The van der Waals surface area contributed by atoms with Crippen molar-refractivity contribution in [2.75, 3.05) is 5.73 Å². The molecule has 0 atom stereocenters. The number of imidazole rings is 1. The van der Waals surface area contributed by atoms with Crippen molar-refractivity contribution in [1.29, 1.82) is 0 Å². The second-order valence-corrected chi connectivity index (χ2v) is 4.15. The number of halogens is 1. The van der Waals surface area contributed by atoms with E-state index in [1.165, 1.54) is 6.33 Å². The minimum atomic E-state index is 0.115. The molecule has 3 aromatic heterocycles. The van der Waals surface area contributed by atoms with Gasteiger partial charge in [-0.2, -0.15) is 9.97 Å². The van der Waals surface area contributed by atoms with Crippen LogP contribution in [0.4, 0.5) is 5.95 Å². The zero-order chi connectivity index (χ0) is 13.2. The van der Waals surface area contributed by atoms with E-state index < -0.39 is 0 Å². The van der Waals surface area contributed by atoms with Crippen molar-refractivity contribution in [3.63, 3.8) is 0 Å². The van der Waals surface area contributed by atoms with Crippen LogP contribution < -0.4 is 10.5 Å². The highest BCUT2D eigenvalue weighted by molar-refractivity contribution is 6.29. The van der Waals surface area contributed by atoms with E-state index in [2.05, 4.69) is 24.9 Å². The molecule has 0 fully saturated rings. The molecule has 0 saturated carbocycles. The van der Waals surface area contributed by atoms with E-state index in [4.69, 9.17) is 22.1 Å². The Bertz CT molecular complexity index is 711. The third-order valence-corrected chi connectivity index (χ3v) is 2.66. The van der Waals surface area contributed by atoms with Gasteiger partial charge in [-0.05, 0) is 6.07 Å². The number of hydrogen-bond donors (Lipinski definition) is 2. The van der Waals surface area contributed by atoms with Crippen LogP contribution in [0, 0.1) is 0 Å². The summed E-state index contributed by atoms with van der Waals surface area (Å²) in [4.78, 5) is 18.9. The molecular formula is C11H9ClN6O. The van der Waals surface area contributed by atoms with E-state index in [-0.39, 0.29) is 5.95 Å². The van der Waals surface area contributed by atoms with Gasteiger partial charge < -0.3 is 15.5 Å². The van der Waals surface area contributed by atoms with Crippen LogP contribution in [0.15, 0.2) is 24.7 Å². The van der Waals surface area contributed by atoms with Crippen molar-refractivity contribution in [1.82, 2.24) is 24.9 Å². The molecule has 8 heteroatoms. The van der Waals surface area contributed by atoms with Gasteiger partial charge in [0, 0.05) is 11.8 Å². The number of hydrogen-bond acceptors (Lipinski definition) is 6. The molecule has 0 aromatic carbocycles. The van der Waals surface area contributed by atoms with Gasteiger partial charge in [-0.1, -0.05) is 17.7 Å². The summed E-state index contributed by atoms with van der Waals surface area (Å²) in [5, 5.41) is 0.436. The lowest BCUT2D eigenvalue weighted by Crippen LogP contribution is -2.02. The Kier molecular flexibility index (Phi) is 2.88. The zero-order valence-corrected chi connectivity index (χ0v) is 10.4. The molecule has 7 nitrogen and oxygen atoms in total. The van der Waals surface area contributed by atoms with E-state index in [1.54, 1.807) is 12.3 Å². The Morgan fingerprint density at radius 2 is 2.16 bits per heavy atom. The van der Waals surface area contributed by atoms with Gasteiger partial charge in [-0.25, -0.2) is 9.97 Å². The predicted molar refractivity (Wildman–Crippen MR) is 69.7 cm³/mol. The lowest BCUT2D eigenvalue weighted by atomic mass is 10.3. The number of nitrogens with zero attached hydrogens (tertiary/aromatic N) is 4. The van der Waals surface area contributed by atoms with Crippen molar-refractivity contribution in [3.8, 4) is 5.88 Å². The van der Waals surface area contributed by atoms with Crippen molar-refractivity contribution in [2.24, 2.45) is 0 Å². The van der Waals surface area contributed by atoms with Gasteiger partial charge in [0.15, 0.2) is 5.65 Å². The van der Waals surface area contributed by atoms with Crippen LogP contribution in [-0.2, 0) is 6.61 Å². The zero-order valence-electron chi connectivity index (χ0n) is 9.67. The molecule has 0 saturated heterocycles. The molecule has 0 spiro atoms. The molecule has 3 N–H and O–H groups in total. The number of ether oxygens (including phenoxy) is 1. The average molecular weight is 277 g/mol. The van der Waals surface area contributed by atoms with Gasteiger partial charge >= 0.3 is 0 Å². The summed E-state index contributed by atoms with van der Waals surface area (Å²) in [5.41, 5.74) is 7.53. The first-order chi connectivity index (χ1) is 9.22. The third kappa shape index (κ3) is 2.41. The molecule has 3 heterocycles. The van der Waals surface area contributed by atoms with Crippen LogP contribution in [0.1, 0.15) is 5.56 Å². The monoisotopic (exact) mass is 276 g/mol. The quantitative estimate of drug-likeness (QED) is 0.704. The molecule has 3 aromatic rings. The number of fused-ring (bicyclic) bond motifs is 1. The van der Waals surface area contributed by atoms with E-state index >= 15 is 0 Å². The summed E-state index contributed by atoms with van der Waals surface area (Å²) in [6.45, 7) is 0.300. The van der Waals surface area contributed by atoms with Crippen molar-refractivity contribution >= 4 is 28.7 Å². The number of rotatable bonds is 3. The Morgan fingerprint density at radius 3 is 2.95 bits per heavy atom. The molecule has 0 aliphatic carbocycles. The molecule has 19 heavy (non-hydrogen) atoms. The number of pyridine rings is 1. The fourth-order valence-electron chi connectivity index (χ4n) is 1.57. The van der Waals surface area contributed by atoms with E-state index in [0.717, 1.165) is 5.56 Å². The molecule has 0 bridgehead atoms. The first-order valence-electron chi connectivity index (χ1n) is 5.42. The highest BCUT2D eigenvalue weighted by atomic mass is 35.5. The summed E-state index contributed by atoms with van der Waals surface area (Å²) in [5.74, 6) is 0.471. The highest BCUT2D eigenvalue weighted by Gasteiger charge is 2.09. The number of nitrogens with one attached hydrogen (secondary N) is 1. The van der Waals surface area contributed by atoms with Gasteiger partial charge in [0.05, 0.1) is 6.33 Å². The van der Waals surface area contributed by atoms with E-state index in [9.17, 15) is 0 Å². The number of anilines is 1. The number of nitrogen functional groups attached to an aromatic ring is 1. The lowest BCUT2D eigenvalue weighted by Gasteiger charge is -2.06. The molecule has 0 radical (unpaired) electrons. The van der Waals surface area contributed by atoms with Crippen LogP contribution in [0.2, 0.25) is 5.15 Å². The largest absolute Gasteiger partial charge is 0.471 e. The number of H-pyrrole nitrogens is 1. The van der Waals surface area contributed by atoms with Gasteiger partial charge in [0.1, 0.15) is 17.3 Å². The van der Waals surface area contributed by atoms with Crippen molar-refractivity contribution < 1.29 is 4.74 Å². The first-order valence-corrected chi connectivity index (χ1v) is 5.80. The highest BCUT2D eigenvalue weighted by Crippen LogP contribution is 2.20. The summed E-state index contributed by atoms with van der Waals surface area (Å²) >= 11 is 5.71. The van der Waals surface area contributed by atoms with Gasteiger partial charge in [0.25, 0.3) is 0 Å². The Hall–Kier alpha value is -2.41. The Balaban J connectivity index is 1.85. The SMILES string of the molecule is Nc1nc(OCc2ccc(Cl)nc2)c2[nH]cnc2n1. The van der Waals surface area contributed by atoms with Crippen molar-refractivity contribution in [3.05, 3.63) is 35.4 Å². The van der Waals surface area contributed by atoms with Gasteiger partial charge in [0.2, 0.25) is 11.8 Å². The maximum Gasteiger partial charge on any atom is 0.245 e. The second-order valence-electron chi connectivity index (χ2n) is 3.77. The molecular weight excluding hydrogens is 268 g/mol. The van der Waals surface area contributed by atoms with Crippen LogP contribution in [0.5, 0.6) is 5.88 Å². The fourth-order valence-corrected chi connectivity index (χ4v) is 1.68. The topological polar surface area (TPSA) is 103 Å². The third-order valence-electron chi connectivity index (χ3n) is 2.43. The molecule has 0 aliphatic heterocycles. The first kappa shape index (κ1) is 11.7. The number of aromatic amines is 1. The van der Waals surface area contributed by atoms with Crippen LogP contribution in [-0.4, -0.2) is 24.9 Å². The van der Waals surface area contributed by atoms with Gasteiger partial charge in [-0.3, -0.25) is 0 Å². The normalized spacial score (nSPS) is 10.8. The smallest absolute Gasteiger partial charge is 0.245 e. The summed E-state index contributed by atoms with van der Waals surface area (Å²) in [6, 6.07) is 3.52. The molecule has 3 rings (SSSR count). The maximum absolute atomic E-state index is 5.71. The average Bonchev–Trinajstić information content (AvgIpc) is 2.85. The molecule has 0 unspecified atom stereocenters. The summed E-state index contributed by atoms with van der Waals surface area (Å²) in [7, 11) is 0. The van der Waals surface area contributed by atoms with Crippen LogP contribution in [0.25, 0.3) is 11.2 Å². The summed E-state index contributed by atoms with van der Waals surface area (Å²) < 4.78 is 5.60. The van der Waals surface area contributed by atoms with Crippen LogP contribution >= 0.6 is 11.6 Å². The Morgan fingerprint density at radius 1 is 1.26 bits per heavy atom. The molecule has 0 amide bonds. The molecule has 0 aliphatic rings. The molecule has 96 valence electrons. The summed E-state index contributed by atoms with van der Waals surface area (Å²) in [6.07, 6.45) is 3.15. The fraction of sp³-hybridized carbons (Fsp3) is 0.0909. The van der Waals surface area contributed by atoms with Crippen molar-refractivity contribution in [2.45, 2.75) is 6.61 Å². The van der Waals surface area contributed by atoms with Crippen LogP contribution in [0.3, 0.4) is 0 Å². The number of nitrogens with two attached hydrogens (primary N) is 1. The predicted octanol–water partition coefficient (Wildman–Crippen LogP) is 1.56. The maximum atomic E-state index is 5.71. The van der Waals surface area contributed by atoms with E-state index in [1.807, 2.05) is 6.07 Å². The minimum Gasteiger partial charge on any atom is -0.471 e. The minimum absolute atomic E-state index is 0.115. The van der Waals surface area contributed by atoms with E-state index in [0.29, 0.717) is 28.8 Å². The Labute approximate surface area is 112 Å².